The molecule has 3 N–H and O–H groups in total. The molecule has 0 saturated heterocycles. The van der Waals surface area contributed by atoms with Crippen LogP contribution >= 0.6 is 24.0 Å². The number of benzene rings is 1. The number of halogens is 1. The van der Waals surface area contributed by atoms with Crippen molar-refractivity contribution in [2.45, 2.75) is 45.1 Å². The molecule has 1 aromatic rings. The summed E-state index contributed by atoms with van der Waals surface area (Å²) in [6.07, 6.45) is 5.81. The van der Waals surface area contributed by atoms with Gasteiger partial charge in [-0.25, -0.2) is 0 Å². The lowest BCUT2D eigenvalue weighted by Crippen LogP contribution is -2.44. The van der Waals surface area contributed by atoms with Gasteiger partial charge in [-0.3, -0.25) is 9.79 Å². The number of carbonyl (C=O) groups is 1. The maximum atomic E-state index is 12.1. The van der Waals surface area contributed by atoms with E-state index in [-0.39, 0.29) is 36.4 Å². The van der Waals surface area contributed by atoms with Gasteiger partial charge in [-0.15, -0.1) is 24.0 Å². The van der Waals surface area contributed by atoms with Crippen LogP contribution in [0.5, 0.6) is 11.5 Å². The molecule has 0 radical (unpaired) electrons. The number of ether oxygens (including phenoxy) is 2. The Morgan fingerprint density at radius 1 is 1.22 bits per heavy atom. The highest BCUT2D eigenvalue weighted by molar-refractivity contribution is 14.0. The number of nitrogens with one attached hydrogen (secondary N) is 3. The molecule has 1 amide bonds. The zero-order valence-corrected chi connectivity index (χ0v) is 18.7. The van der Waals surface area contributed by atoms with Gasteiger partial charge in [-0.1, -0.05) is 19.3 Å². The molecule has 8 heteroatoms. The molecule has 1 aliphatic rings. The molecule has 1 fully saturated rings. The van der Waals surface area contributed by atoms with Crippen molar-refractivity contribution in [3.05, 3.63) is 18.2 Å². The Kier molecular flexibility index (Phi) is 10.9. The van der Waals surface area contributed by atoms with Gasteiger partial charge in [0.1, 0.15) is 0 Å². The number of methoxy groups -OCH3 is 1. The van der Waals surface area contributed by atoms with Crippen LogP contribution in [0.2, 0.25) is 0 Å². The van der Waals surface area contributed by atoms with Crippen LogP contribution in [0, 0.1) is 0 Å². The standard InChI is InChI=1S/C19H30N4O3.HI/c1-4-26-17-12-15(10-11-16(17)25-3)23-19(20-2)21-13-18(24)22-14-8-6-5-7-9-14;/h10-12,14H,4-9,13H2,1-3H3,(H,22,24)(H2,20,21,23);1H. The first-order valence-electron chi connectivity index (χ1n) is 9.24. The average Bonchev–Trinajstić information content (AvgIpc) is 2.66. The van der Waals surface area contributed by atoms with E-state index in [1.807, 2.05) is 25.1 Å². The van der Waals surface area contributed by atoms with Crippen molar-refractivity contribution in [1.29, 1.82) is 0 Å². The van der Waals surface area contributed by atoms with Crippen molar-refractivity contribution in [2.24, 2.45) is 4.99 Å². The molecule has 0 aliphatic heterocycles. The van der Waals surface area contributed by atoms with Crippen LogP contribution in [-0.4, -0.2) is 45.2 Å². The molecule has 0 spiro atoms. The SMILES string of the molecule is CCOc1cc(NC(=NC)NCC(=O)NC2CCCCC2)ccc1OC.I. The summed E-state index contributed by atoms with van der Waals surface area (Å²) in [6.45, 7) is 2.66. The van der Waals surface area contributed by atoms with E-state index in [2.05, 4.69) is 20.9 Å². The van der Waals surface area contributed by atoms with Crippen LogP contribution in [0.3, 0.4) is 0 Å². The first kappa shape index (κ1) is 23.3. The predicted octanol–water partition coefficient (Wildman–Crippen LogP) is 3.15. The Morgan fingerprint density at radius 3 is 2.59 bits per heavy atom. The van der Waals surface area contributed by atoms with Gasteiger partial charge in [-0.05, 0) is 31.9 Å². The smallest absolute Gasteiger partial charge is 0.239 e. The molecular weight excluding hydrogens is 459 g/mol. The molecular formula is C19H31IN4O3. The number of carbonyl (C=O) groups excluding carboxylic acids is 1. The van der Waals surface area contributed by atoms with Crippen LogP contribution in [0.4, 0.5) is 5.69 Å². The number of rotatable bonds is 7. The van der Waals surface area contributed by atoms with Gasteiger partial charge < -0.3 is 25.4 Å². The highest BCUT2D eigenvalue weighted by Gasteiger charge is 2.15. The molecule has 0 heterocycles. The fraction of sp³-hybridized carbons (Fsp3) is 0.579. The Labute approximate surface area is 178 Å². The second-order valence-electron chi connectivity index (χ2n) is 6.25. The van der Waals surface area contributed by atoms with Crippen LogP contribution in [0.1, 0.15) is 39.0 Å². The van der Waals surface area contributed by atoms with Crippen LogP contribution in [-0.2, 0) is 4.79 Å². The maximum Gasteiger partial charge on any atom is 0.239 e. The van der Waals surface area contributed by atoms with Gasteiger partial charge in [0.05, 0.1) is 20.3 Å². The van der Waals surface area contributed by atoms with Crippen LogP contribution < -0.4 is 25.4 Å². The first-order valence-corrected chi connectivity index (χ1v) is 9.24. The Bertz CT molecular complexity index is 619. The number of nitrogens with zero attached hydrogens (tertiary/aromatic N) is 1. The number of hydrogen-bond acceptors (Lipinski definition) is 4. The van der Waals surface area contributed by atoms with E-state index < -0.39 is 0 Å². The molecule has 0 bridgehead atoms. The summed E-state index contributed by atoms with van der Waals surface area (Å²) in [4.78, 5) is 16.3. The first-order chi connectivity index (χ1) is 12.7. The second-order valence-corrected chi connectivity index (χ2v) is 6.25. The zero-order valence-electron chi connectivity index (χ0n) is 16.3. The van der Waals surface area contributed by atoms with E-state index in [0.29, 0.717) is 30.1 Å². The highest BCUT2D eigenvalue weighted by atomic mass is 127. The van der Waals surface area contributed by atoms with Crippen molar-refractivity contribution in [1.82, 2.24) is 10.6 Å². The lowest BCUT2D eigenvalue weighted by molar-refractivity contribution is -0.120. The molecule has 2 rings (SSSR count). The van der Waals surface area contributed by atoms with Gasteiger partial charge >= 0.3 is 0 Å². The van der Waals surface area contributed by atoms with Gasteiger partial charge in [0.15, 0.2) is 17.5 Å². The minimum Gasteiger partial charge on any atom is -0.493 e. The molecule has 0 aromatic heterocycles. The third kappa shape index (κ3) is 7.82. The molecule has 1 aliphatic carbocycles. The van der Waals surface area contributed by atoms with Gasteiger partial charge in [0.25, 0.3) is 0 Å². The summed E-state index contributed by atoms with van der Waals surface area (Å²) < 4.78 is 10.9. The van der Waals surface area contributed by atoms with E-state index in [4.69, 9.17) is 9.47 Å². The quantitative estimate of drug-likeness (QED) is 0.311. The van der Waals surface area contributed by atoms with Crippen molar-refractivity contribution < 1.29 is 14.3 Å². The lowest BCUT2D eigenvalue weighted by atomic mass is 9.95. The van der Waals surface area contributed by atoms with Crippen molar-refractivity contribution in [3.63, 3.8) is 0 Å². The van der Waals surface area contributed by atoms with Crippen LogP contribution in [0.25, 0.3) is 0 Å². The Hall–Kier alpha value is -1.71. The van der Waals surface area contributed by atoms with Crippen molar-refractivity contribution in [3.8, 4) is 11.5 Å². The highest BCUT2D eigenvalue weighted by Crippen LogP contribution is 2.30. The molecule has 27 heavy (non-hydrogen) atoms. The summed E-state index contributed by atoms with van der Waals surface area (Å²) in [5.41, 5.74) is 0.801. The van der Waals surface area contributed by atoms with Crippen molar-refractivity contribution in [2.75, 3.05) is 32.6 Å². The summed E-state index contributed by atoms with van der Waals surface area (Å²) in [5.74, 6) is 1.85. The Morgan fingerprint density at radius 2 is 1.96 bits per heavy atom. The number of guanidine groups is 1. The third-order valence-corrected chi connectivity index (χ3v) is 4.34. The molecule has 1 aromatic carbocycles. The number of hydrogen-bond donors (Lipinski definition) is 3. The molecule has 152 valence electrons. The van der Waals surface area contributed by atoms with E-state index in [9.17, 15) is 4.79 Å². The van der Waals surface area contributed by atoms with Gasteiger partial charge in [-0.2, -0.15) is 0 Å². The zero-order chi connectivity index (χ0) is 18.8. The van der Waals surface area contributed by atoms with Crippen LogP contribution in [0.15, 0.2) is 23.2 Å². The minimum absolute atomic E-state index is 0. The normalized spacial score (nSPS) is 14.7. The summed E-state index contributed by atoms with van der Waals surface area (Å²) >= 11 is 0. The number of anilines is 1. The fourth-order valence-electron chi connectivity index (χ4n) is 3.03. The minimum atomic E-state index is -0.00964. The predicted molar refractivity (Wildman–Crippen MR) is 120 cm³/mol. The second kappa shape index (κ2) is 12.6. The molecule has 1 saturated carbocycles. The van der Waals surface area contributed by atoms with Gasteiger partial charge in [0, 0.05) is 24.8 Å². The Balaban J connectivity index is 0.00000364. The number of amides is 1. The fourth-order valence-corrected chi connectivity index (χ4v) is 3.03. The summed E-state index contributed by atoms with van der Waals surface area (Å²) in [6, 6.07) is 5.85. The topological polar surface area (TPSA) is 84.0 Å². The maximum absolute atomic E-state index is 12.1. The lowest BCUT2D eigenvalue weighted by Gasteiger charge is -2.23. The average molecular weight is 490 g/mol. The van der Waals surface area contributed by atoms with E-state index in [1.165, 1.54) is 19.3 Å². The molecule has 0 atom stereocenters. The van der Waals surface area contributed by atoms with E-state index >= 15 is 0 Å². The molecule has 0 unspecified atom stereocenters. The molecule has 7 nitrogen and oxygen atoms in total. The third-order valence-electron chi connectivity index (χ3n) is 4.34. The summed E-state index contributed by atoms with van der Waals surface area (Å²) in [5, 5.41) is 9.29. The van der Waals surface area contributed by atoms with Gasteiger partial charge in [0.2, 0.25) is 5.91 Å². The monoisotopic (exact) mass is 490 g/mol. The number of aliphatic imine (C=N–C) groups is 1. The summed E-state index contributed by atoms with van der Waals surface area (Å²) in [7, 11) is 3.28. The van der Waals surface area contributed by atoms with E-state index in [1.54, 1.807) is 14.2 Å². The van der Waals surface area contributed by atoms with E-state index in [0.717, 1.165) is 18.5 Å². The van der Waals surface area contributed by atoms with Crippen molar-refractivity contribution >= 4 is 41.5 Å². The largest absolute Gasteiger partial charge is 0.493 e.